The van der Waals surface area contributed by atoms with Crippen LogP contribution in [0, 0.1) is 11.8 Å². The number of hydrogen-bond donors (Lipinski definition) is 1. The van der Waals surface area contributed by atoms with E-state index in [4.69, 9.17) is 10.5 Å². The Kier molecular flexibility index (Phi) is 3.21. The lowest BCUT2D eigenvalue weighted by molar-refractivity contribution is 0.0488. The molecule has 0 radical (unpaired) electrons. The summed E-state index contributed by atoms with van der Waals surface area (Å²) in [5.41, 5.74) is 7.11. The number of rotatable bonds is 2. The summed E-state index contributed by atoms with van der Waals surface area (Å²) in [6.07, 6.45) is 5.54. The summed E-state index contributed by atoms with van der Waals surface area (Å²) in [5, 5.41) is 0. The van der Waals surface area contributed by atoms with E-state index in [9.17, 15) is 0 Å². The maximum Gasteiger partial charge on any atom is 0.0757 e. The summed E-state index contributed by atoms with van der Waals surface area (Å²) in [6, 6.07) is -0.0938. The molecular formula is C12H19N3O. The second kappa shape index (κ2) is 4.47. The first kappa shape index (κ1) is 11.5. The number of aromatic nitrogens is 2. The van der Waals surface area contributed by atoms with Crippen LogP contribution >= 0.6 is 0 Å². The quantitative estimate of drug-likeness (QED) is 0.822. The fraction of sp³-hybridized carbons (Fsp3) is 0.667. The second-order valence-corrected chi connectivity index (χ2v) is 4.64. The van der Waals surface area contributed by atoms with Crippen molar-refractivity contribution in [1.82, 2.24) is 9.97 Å². The van der Waals surface area contributed by atoms with Crippen LogP contribution in [0.15, 0.2) is 18.6 Å². The molecular weight excluding hydrogens is 202 g/mol. The first-order valence-corrected chi connectivity index (χ1v) is 5.78. The minimum atomic E-state index is -0.0938. The van der Waals surface area contributed by atoms with Crippen molar-refractivity contribution in [2.24, 2.45) is 17.6 Å². The van der Waals surface area contributed by atoms with E-state index >= 15 is 0 Å². The average Bonchev–Trinajstić information content (AvgIpc) is 2.54. The molecule has 1 aromatic rings. The van der Waals surface area contributed by atoms with Crippen LogP contribution in [-0.4, -0.2) is 22.2 Å². The van der Waals surface area contributed by atoms with Gasteiger partial charge >= 0.3 is 0 Å². The van der Waals surface area contributed by atoms with Crippen LogP contribution in [0.2, 0.25) is 0 Å². The molecule has 5 unspecified atom stereocenters. The summed E-state index contributed by atoms with van der Waals surface area (Å²) < 4.78 is 5.80. The highest BCUT2D eigenvalue weighted by molar-refractivity contribution is 5.06. The van der Waals surface area contributed by atoms with Gasteiger partial charge in [0.2, 0.25) is 0 Å². The first-order chi connectivity index (χ1) is 7.61. The predicted octanol–water partition coefficient (Wildman–Crippen LogP) is 1.54. The van der Waals surface area contributed by atoms with Gasteiger partial charge in [-0.3, -0.25) is 9.97 Å². The Hall–Kier alpha value is -1.00. The Morgan fingerprint density at radius 2 is 2.00 bits per heavy atom. The third-order valence-corrected chi connectivity index (χ3v) is 3.66. The molecule has 1 aliphatic heterocycles. The van der Waals surface area contributed by atoms with Crippen LogP contribution in [0.25, 0.3) is 0 Å². The van der Waals surface area contributed by atoms with Gasteiger partial charge in [-0.15, -0.1) is 0 Å². The molecule has 1 aliphatic rings. The van der Waals surface area contributed by atoms with Gasteiger partial charge in [-0.05, 0) is 19.8 Å². The summed E-state index contributed by atoms with van der Waals surface area (Å²) in [5.74, 6) is 0.763. The number of ether oxygens (including phenoxy) is 1. The minimum Gasteiger partial charge on any atom is -0.375 e. The van der Waals surface area contributed by atoms with E-state index in [0.29, 0.717) is 11.8 Å². The number of nitrogens with two attached hydrogens (primary N) is 1. The lowest BCUT2D eigenvalue weighted by Crippen LogP contribution is -2.31. The average molecular weight is 221 g/mol. The Morgan fingerprint density at radius 1 is 1.25 bits per heavy atom. The third-order valence-electron chi connectivity index (χ3n) is 3.66. The Balaban J connectivity index is 2.19. The molecule has 2 N–H and O–H groups in total. The van der Waals surface area contributed by atoms with Gasteiger partial charge in [-0.2, -0.15) is 0 Å². The molecule has 5 atom stereocenters. The van der Waals surface area contributed by atoms with E-state index < -0.39 is 0 Å². The van der Waals surface area contributed by atoms with E-state index in [1.54, 1.807) is 18.6 Å². The lowest BCUT2D eigenvalue weighted by Gasteiger charge is -2.24. The summed E-state index contributed by atoms with van der Waals surface area (Å²) >= 11 is 0. The van der Waals surface area contributed by atoms with Gasteiger partial charge in [-0.1, -0.05) is 6.92 Å². The number of hydrogen-bond acceptors (Lipinski definition) is 4. The molecule has 0 bridgehead atoms. The molecule has 1 fully saturated rings. The van der Waals surface area contributed by atoms with Crippen LogP contribution < -0.4 is 5.73 Å². The molecule has 4 heteroatoms. The van der Waals surface area contributed by atoms with Gasteiger partial charge < -0.3 is 10.5 Å². The summed E-state index contributed by atoms with van der Waals surface area (Å²) in [4.78, 5) is 8.34. The molecule has 0 aliphatic carbocycles. The van der Waals surface area contributed by atoms with E-state index in [-0.39, 0.29) is 18.2 Å². The predicted molar refractivity (Wildman–Crippen MR) is 61.6 cm³/mol. The highest BCUT2D eigenvalue weighted by atomic mass is 16.5. The standard InChI is InChI=1S/C12H19N3O/c1-7-8(2)16-9(3)11(7)12(13)10-6-14-4-5-15-10/h4-9,11-12H,13H2,1-3H3. The molecule has 1 saturated heterocycles. The fourth-order valence-electron chi connectivity index (χ4n) is 2.59. The molecule has 88 valence electrons. The second-order valence-electron chi connectivity index (χ2n) is 4.64. The Labute approximate surface area is 96.2 Å². The Morgan fingerprint density at radius 3 is 2.50 bits per heavy atom. The molecule has 0 amide bonds. The van der Waals surface area contributed by atoms with Gasteiger partial charge in [0.1, 0.15) is 0 Å². The highest BCUT2D eigenvalue weighted by Crippen LogP contribution is 2.38. The van der Waals surface area contributed by atoms with Crippen LogP contribution in [0.3, 0.4) is 0 Å². The molecule has 0 spiro atoms. The van der Waals surface area contributed by atoms with Gasteiger partial charge in [-0.25, -0.2) is 0 Å². The smallest absolute Gasteiger partial charge is 0.0757 e. The SMILES string of the molecule is CC1OC(C)C(C(N)c2cnccn2)C1C. The first-order valence-electron chi connectivity index (χ1n) is 5.78. The monoisotopic (exact) mass is 221 g/mol. The van der Waals surface area contributed by atoms with E-state index in [2.05, 4.69) is 30.7 Å². The van der Waals surface area contributed by atoms with Gasteiger partial charge in [0, 0.05) is 24.5 Å². The zero-order chi connectivity index (χ0) is 11.7. The van der Waals surface area contributed by atoms with Gasteiger partial charge in [0.25, 0.3) is 0 Å². The Bertz CT molecular complexity index is 343. The fourth-order valence-corrected chi connectivity index (χ4v) is 2.59. The van der Waals surface area contributed by atoms with Crippen molar-refractivity contribution in [3.05, 3.63) is 24.3 Å². The van der Waals surface area contributed by atoms with Crippen LogP contribution in [0.4, 0.5) is 0 Å². The topological polar surface area (TPSA) is 61.0 Å². The van der Waals surface area contributed by atoms with Gasteiger partial charge in [0.15, 0.2) is 0 Å². The van der Waals surface area contributed by atoms with Crippen LogP contribution in [0.1, 0.15) is 32.5 Å². The maximum atomic E-state index is 6.26. The summed E-state index contributed by atoms with van der Waals surface area (Å²) in [6.45, 7) is 6.38. The lowest BCUT2D eigenvalue weighted by atomic mass is 9.83. The van der Waals surface area contributed by atoms with Crippen LogP contribution in [-0.2, 0) is 4.74 Å². The van der Waals surface area contributed by atoms with E-state index in [0.717, 1.165) is 5.69 Å². The zero-order valence-corrected chi connectivity index (χ0v) is 10.00. The largest absolute Gasteiger partial charge is 0.375 e. The molecule has 1 aromatic heterocycles. The molecule has 4 nitrogen and oxygen atoms in total. The van der Waals surface area contributed by atoms with E-state index in [1.165, 1.54) is 0 Å². The highest BCUT2D eigenvalue weighted by Gasteiger charge is 2.41. The van der Waals surface area contributed by atoms with Gasteiger partial charge in [0.05, 0.1) is 23.9 Å². The van der Waals surface area contributed by atoms with Crippen molar-refractivity contribution in [1.29, 1.82) is 0 Å². The van der Waals surface area contributed by atoms with Crippen molar-refractivity contribution >= 4 is 0 Å². The molecule has 16 heavy (non-hydrogen) atoms. The van der Waals surface area contributed by atoms with E-state index in [1.807, 2.05) is 0 Å². The number of nitrogens with zero attached hydrogens (tertiary/aromatic N) is 2. The van der Waals surface area contributed by atoms with Crippen molar-refractivity contribution in [3.63, 3.8) is 0 Å². The van der Waals surface area contributed by atoms with Crippen molar-refractivity contribution in [2.45, 2.75) is 39.0 Å². The summed E-state index contributed by atoms with van der Waals surface area (Å²) in [7, 11) is 0. The molecule has 2 heterocycles. The molecule has 2 rings (SSSR count). The van der Waals surface area contributed by atoms with Crippen molar-refractivity contribution in [2.75, 3.05) is 0 Å². The molecule has 0 saturated carbocycles. The van der Waals surface area contributed by atoms with Crippen molar-refractivity contribution in [3.8, 4) is 0 Å². The van der Waals surface area contributed by atoms with Crippen molar-refractivity contribution < 1.29 is 4.74 Å². The van der Waals surface area contributed by atoms with Crippen LogP contribution in [0.5, 0.6) is 0 Å². The maximum absolute atomic E-state index is 6.26. The normalized spacial score (nSPS) is 36.2. The zero-order valence-electron chi connectivity index (χ0n) is 10.00. The molecule has 0 aromatic carbocycles. The third kappa shape index (κ3) is 1.95. The minimum absolute atomic E-state index is 0.0938.